The zero-order chi connectivity index (χ0) is 20.8. The van der Waals surface area contributed by atoms with Crippen molar-refractivity contribution in [2.24, 2.45) is 0 Å². The van der Waals surface area contributed by atoms with Crippen LogP contribution in [0.15, 0.2) is 65.3 Å². The molecule has 0 spiro atoms. The molecular formula is C21H20BrN5O2S. The number of aromatic amines is 1. The van der Waals surface area contributed by atoms with Gasteiger partial charge in [-0.25, -0.2) is 14.9 Å². The molecule has 30 heavy (non-hydrogen) atoms. The summed E-state index contributed by atoms with van der Waals surface area (Å²) in [4.78, 5) is 16.9. The lowest BCUT2D eigenvalue weighted by atomic mass is 10.1. The van der Waals surface area contributed by atoms with Crippen molar-refractivity contribution in [2.75, 3.05) is 23.7 Å². The van der Waals surface area contributed by atoms with Crippen LogP contribution in [-0.4, -0.2) is 28.6 Å². The van der Waals surface area contributed by atoms with Gasteiger partial charge in [0.15, 0.2) is 5.65 Å². The first-order valence-electron chi connectivity index (χ1n) is 9.28. The number of imidazole rings is 1. The molecule has 7 nitrogen and oxygen atoms in total. The zero-order valence-corrected chi connectivity index (χ0v) is 18.6. The summed E-state index contributed by atoms with van der Waals surface area (Å²) < 4.78 is 8.88. The number of aromatic nitrogens is 3. The summed E-state index contributed by atoms with van der Waals surface area (Å²) in [6, 6.07) is 18.4. The summed E-state index contributed by atoms with van der Waals surface area (Å²) in [6.07, 6.45) is 2.66. The Morgan fingerprint density at radius 3 is 2.77 bits per heavy atom. The van der Waals surface area contributed by atoms with Gasteiger partial charge in [0.25, 0.3) is 0 Å². The van der Waals surface area contributed by atoms with Gasteiger partial charge >= 0.3 is 0 Å². The van der Waals surface area contributed by atoms with Crippen molar-refractivity contribution in [2.45, 2.75) is 6.42 Å². The first-order valence-corrected chi connectivity index (χ1v) is 10.8. The average Bonchev–Trinajstić information content (AvgIpc) is 3.18. The van der Waals surface area contributed by atoms with Gasteiger partial charge in [-0.15, -0.1) is 4.33 Å². The second-order valence-corrected chi connectivity index (χ2v) is 7.91. The number of fused-ring (bicyclic) bond motifs is 1. The van der Waals surface area contributed by atoms with Gasteiger partial charge in [0.05, 0.1) is 12.6 Å². The number of hydrogen-bond acceptors (Lipinski definition) is 7. The van der Waals surface area contributed by atoms with Crippen molar-refractivity contribution in [3.8, 4) is 11.4 Å². The number of nitrogens with zero attached hydrogens (tertiary/aromatic N) is 2. The van der Waals surface area contributed by atoms with Gasteiger partial charge in [-0.05, 0) is 52.2 Å². The molecule has 0 saturated heterocycles. The summed E-state index contributed by atoms with van der Waals surface area (Å²) in [7, 11) is 1.46. The fraction of sp³-hybridized carbons (Fsp3) is 0.143. The molecule has 0 bridgehead atoms. The minimum absolute atomic E-state index is 0.669. The number of nitrogens with one attached hydrogen (secondary N) is 3. The molecule has 0 aliphatic carbocycles. The van der Waals surface area contributed by atoms with Crippen LogP contribution in [0, 0.1) is 0 Å². The standard InChI is InChI=1S/C21H20BrN5O2S/c1-28-29-30-27-18-10-15(20-25-19-11-16(22)13-24-21(19)26-20)9-17(12-18)23-8-7-14-5-3-2-4-6-14/h2-6,9-13,23,27H,7-8H2,1H3,(H,24,25,26). The second-order valence-electron chi connectivity index (χ2n) is 6.49. The van der Waals surface area contributed by atoms with E-state index in [2.05, 4.69) is 76.1 Å². The molecule has 0 aliphatic heterocycles. The third-order valence-corrected chi connectivity index (χ3v) is 5.31. The Hall–Kier alpha value is -2.59. The van der Waals surface area contributed by atoms with Gasteiger partial charge in [0, 0.05) is 34.2 Å². The van der Waals surface area contributed by atoms with Gasteiger partial charge in [-0.1, -0.05) is 30.3 Å². The fourth-order valence-electron chi connectivity index (χ4n) is 3.03. The summed E-state index contributed by atoms with van der Waals surface area (Å²) in [5.74, 6) is 0.739. The van der Waals surface area contributed by atoms with Crippen LogP contribution >= 0.6 is 28.2 Å². The van der Waals surface area contributed by atoms with Crippen LogP contribution in [0.25, 0.3) is 22.6 Å². The molecule has 2 aromatic carbocycles. The second kappa shape index (κ2) is 9.94. The minimum Gasteiger partial charge on any atom is -0.385 e. The van der Waals surface area contributed by atoms with Crippen LogP contribution in [0.5, 0.6) is 0 Å². The molecule has 2 heterocycles. The molecule has 154 valence electrons. The third kappa shape index (κ3) is 5.31. The van der Waals surface area contributed by atoms with Crippen LogP contribution in [0.1, 0.15) is 5.56 Å². The van der Waals surface area contributed by atoms with E-state index in [0.29, 0.717) is 5.65 Å². The molecule has 3 N–H and O–H groups in total. The number of halogens is 1. The van der Waals surface area contributed by atoms with E-state index in [4.69, 9.17) is 4.33 Å². The van der Waals surface area contributed by atoms with Crippen molar-refractivity contribution in [3.63, 3.8) is 0 Å². The molecule has 0 saturated carbocycles. The Morgan fingerprint density at radius 1 is 1.10 bits per heavy atom. The monoisotopic (exact) mass is 485 g/mol. The lowest BCUT2D eigenvalue weighted by Gasteiger charge is -2.11. The summed E-state index contributed by atoms with van der Waals surface area (Å²) in [5.41, 5.74) is 5.58. The van der Waals surface area contributed by atoms with Crippen molar-refractivity contribution >= 4 is 50.7 Å². The van der Waals surface area contributed by atoms with E-state index in [0.717, 1.165) is 57.9 Å². The lowest BCUT2D eigenvalue weighted by molar-refractivity contribution is -0.159. The quantitative estimate of drug-likeness (QED) is 0.0935. The molecule has 2 aromatic heterocycles. The van der Waals surface area contributed by atoms with Crippen molar-refractivity contribution in [1.82, 2.24) is 15.0 Å². The number of hydrogen-bond donors (Lipinski definition) is 3. The molecule has 0 radical (unpaired) electrons. The van der Waals surface area contributed by atoms with E-state index in [1.165, 1.54) is 12.7 Å². The Labute approximate surface area is 187 Å². The van der Waals surface area contributed by atoms with Crippen molar-refractivity contribution in [1.29, 1.82) is 0 Å². The van der Waals surface area contributed by atoms with E-state index in [9.17, 15) is 0 Å². The number of pyridine rings is 1. The number of benzene rings is 2. The van der Waals surface area contributed by atoms with E-state index in [1.807, 2.05) is 24.3 Å². The maximum absolute atomic E-state index is 4.87. The Morgan fingerprint density at radius 2 is 1.93 bits per heavy atom. The van der Waals surface area contributed by atoms with Crippen LogP contribution < -0.4 is 10.0 Å². The highest BCUT2D eigenvalue weighted by Crippen LogP contribution is 2.29. The van der Waals surface area contributed by atoms with Gasteiger partial charge in [0.2, 0.25) is 0 Å². The first kappa shape index (κ1) is 20.7. The molecule has 4 rings (SSSR count). The summed E-state index contributed by atoms with van der Waals surface area (Å²) in [5, 5.41) is 3.49. The van der Waals surface area contributed by atoms with Crippen molar-refractivity contribution < 1.29 is 9.22 Å². The topological polar surface area (TPSA) is 84.1 Å². The molecule has 0 atom stereocenters. The maximum Gasteiger partial charge on any atom is 0.178 e. The van der Waals surface area contributed by atoms with Gasteiger partial charge in [-0.2, -0.15) is 0 Å². The van der Waals surface area contributed by atoms with E-state index in [-0.39, 0.29) is 0 Å². The minimum atomic E-state index is 0.669. The molecular weight excluding hydrogens is 466 g/mol. The van der Waals surface area contributed by atoms with Gasteiger partial charge in [-0.3, -0.25) is 0 Å². The van der Waals surface area contributed by atoms with E-state index < -0.39 is 0 Å². The highest BCUT2D eigenvalue weighted by atomic mass is 79.9. The molecule has 0 unspecified atom stereocenters. The summed E-state index contributed by atoms with van der Waals surface area (Å²) in [6.45, 7) is 0.809. The SMILES string of the molecule is COOSNc1cc(NCCc2ccccc2)cc(-c2nc3ncc(Br)cc3[nH]2)c1. The van der Waals surface area contributed by atoms with E-state index >= 15 is 0 Å². The number of anilines is 2. The highest BCUT2D eigenvalue weighted by Gasteiger charge is 2.10. The van der Waals surface area contributed by atoms with Crippen molar-refractivity contribution in [3.05, 3.63) is 70.8 Å². The fourth-order valence-corrected chi connectivity index (χ4v) is 3.68. The summed E-state index contributed by atoms with van der Waals surface area (Å²) >= 11 is 4.44. The zero-order valence-electron chi connectivity index (χ0n) is 16.2. The Balaban J connectivity index is 1.57. The molecule has 0 fully saturated rings. The van der Waals surface area contributed by atoms with Gasteiger partial charge in [0.1, 0.15) is 18.1 Å². The van der Waals surface area contributed by atoms with Crippen LogP contribution in [0.4, 0.5) is 11.4 Å². The molecule has 0 amide bonds. The molecule has 4 aromatic rings. The lowest BCUT2D eigenvalue weighted by Crippen LogP contribution is -2.05. The average molecular weight is 486 g/mol. The normalized spacial score (nSPS) is 11.0. The Kier molecular flexibility index (Phi) is 6.85. The van der Waals surface area contributed by atoms with Crippen LogP contribution in [0.3, 0.4) is 0 Å². The van der Waals surface area contributed by atoms with Crippen LogP contribution in [-0.2, 0) is 15.6 Å². The molecule has 0 aliphatic rings. The van der Waals surface area contributed by atoms with Gasteiger partial charge < -0.3 is 15.0 Å². The third-order valence-electron chi connectivity index (χ3n) is 4.36. The highest BCUT2D eigenvalue weighted by molar-refractivity contribution is 9.10. The smallest absolute Gasteiger partial charge is 0.178 e. The van der Waals surface area contributed by atoms with Crippen LogP contribution in [0.2, 0.25) is 0 Å². The number of H-pyrrole nitrogens is 1. The van der Waals surface area contributed by atoms with E-state index in [1.54, 1.807) is 6.20 Å². The Bertz CT molecular complexity index is 1120. The molecule has 9 heteroatoms. The first-order chi connectivity index (χ1) is 14.7. The largest absolute Gasteiger partial charge is 0.385 e. The predicted octanol–water partition coefficient (Wildman–Crippen LogP) is 5.60. The predicted molar refractivity (Wildman–Crippen MR) is 125 cm³/mol. The number of rotatable bonds is 9. The maximum atomic E-state index is 4.87.